The van der Waals surface area contributed by atoms with E-state index in [1.54, 1.807) is 17.4 Å². The van der Waals surface area contributed by atoms with Gasteiger partial charge in [0.05, 0.1) is 4.47 Å². The second kappa shape index (κ2) is 4.65. The topological polar surface area (TPSA) is 26.0 Å². The van der Waals surface area contributed by atoms with E-state index >= 15 is 0 Å². The highest BCUT2D eigenvalue weighted by molar-refractivity contribution is 9.10. The summed E-state index contributed by atoms with van der Waals surface area (Å²) in [5.74, 6) is -0.242. The second-order valence-electron chi connectivity index (χ2n) is 3.62. The Morgan fingerprint density at radius 3 is 2.62 bits per heavy atom. The molecule has 1 atom stereocenters. The fraction of sp³-hybridized carbons (Fsp3) is 0.167. The molecule has 84 valence electrons. The Morgan fingerprint density at radius 2 is 2.06 bits per heavy atom. The molecule has 1 aromatic heterocycles. The molecule has 16 heavy (non-hydrogen) atoms. The van der Waals surface area contributed by atoms with E-state index in [0.29, 0.717) is 4.47 Å². The van der Waals surface area contributed by atoms with Gasteiger partial charge in [-0.05, 0) is 52.7 Å². The molecule has 1 unspecified atom stereocenters. The Morgan fingerprint density at radius 1 is 1.31 bits per heavy atom. The van der Waals surface area contributed by atoms with Crippen molar-refractivity contribution >= 4 is 27.3 Å². The zero-order valence-electron chi connectivity index (χ0n) is 8.71. The molecule has 1 nitrogen and oxygen atoms in total. The van der Waals surface area contributed by atoms with Gasteiger partial charge in [0.1, 0.15) is 5.82 Å². The molecular formula is C12H11BrFNS. The molecule has 4 heteroatoms. The smallest absolute Gasteiger partial charge is 0.138 e. The highest BCUT2D eigenvalue weighted by Gasteiger charge is 2.07. The highest BCUT2D eigenvalue weighted by Crippen LogP contribution is 2.32. The number of halogens is 2. The van der Waals surface area contributed by atoms with Crippen molar-refractivity contribution < 1.29 is 4.39 Å². The third-order valence-electron chi connectivity index (χ3n) is 2.28. The van der Waals surface area contributed by atoms with Crippen molar-refractivity contribution in [2.45, 2.75) is 13.0 Å². The van der Waals surface area contributed by atoms with E-state index in [4.69, 9.17) is 5.73 Å². The van der Waals surface area contributed by atoms with Crippen LogP contribution in [0.5, 0.6) is 0 Å². The van der Waals surface area contributed by atoms with Gasteiger partial charge >= 0.3 is 0 Å². The zero-order valence-corrected chi connectivity index (χ0v) is 11.1. The first-order chi connectivity index (χ1) is 7.58. The number of hydrogen-bond acceptors (Lipinski definition) is 2. The van der Waals surface area contributed by atoms with E-state index in [2.05, 4.69) is 15.9 Å². The molecule has 2 N–H and O–H groups in total. The van der Waals surface area contributed by atoms with E-state index in [1.807, 2.05) is 25.1 Å². The summed E-state index contributed by atoms with van der Waals surface area (Å²) in [6, 6.07) is 9.14. The third-order valence-corrected chi connectivity index (χ3v) is 4.26. The summed E-state index contributed by atoms with van der Waals surface area (Å²) in [5.41, 5.74) is 6.67. The lowest BCUT2D eigenvalue weighted by Crippen LogP contribution is -2.01. The number of hydrogen-bond donors (Lipinski definition) is 1. The molecule has 0 aliphatic rings. The Bertz CT molecular complexity index is 507. The van der Waals surface area contributed by atoms with Crippen LogP contribution < -0.4 is 5.73 Å². The lowest BCUT2D eigenvalue weighted by molar-refractivity contribution is 0.622. The average Bonchev–Trinajstić information content (AvgIpc) is 2.71. The predicted molar refractivity (Wildman–Crippen MR) is 70.0 cm³/mol. The Kier molecular flexibility index (Phi) is 3.42. The van der Waals surface area contributed by atoms with Gasteiger partial charge in [0.2, 0.25) is 0 Å². The van der Waals surface area contributed by atoms with Crippen LogP contribution in [0.2, 0.25) is 0 Å². The van der Waals surface area contributed by atoms with Crippen LogP contribution in [-0.4, -0.2) is 0 Å². The summed E-state index contributed by atoms with van der Waals surface area (Å²) in [7, 11) is 0. The van der Waals surface area contributed by atoms with Gasteiger partial charge in [0.15, 0.2) is 0 Å². The van der Waals surface area contributed by atoms with Crippen LogP contribution in [0.15, 0.2) is 34.8 Å². The van der Waals surface area contributed by atoms with E-state index in [9.17, 15) is 4.39 Å². The Labute approximate surface area is 106 Å². The zero-order chi connectivity index (χ0) is 11.7. The van der Waals surface area contributed by atoms with Crippen LogP contribution in [0, 0.1) is 5.82 Å². The second-order valence-corrected chi connectivity index (χ2v) is 5.59. The summed E-state index contributed by atoms with van der Waals surface area (Å²) < 4.78 is 13.8. The number of benzene rings is 1. The summed E-state index contributed by atoms with van der Waals surface area (Å²) >= 11 is 4.74. The van der Waals surface area contributed by atoms with Crippen LogP contribution in [0.25, 0.3) is 10.4 Å². The molecule has 0 saturated heterocycles. The van der Waals surface area contributed by atoms with Crippen LogP contribution >= 0.6 is 27.3 Å². The molecule has 0 spiro atoms. The van der Waals surface area contributed by atoms with Gasteiger partial charge in [-0.3, -0.25) is 0 Å². The number of nitrogens with two attached hydrogens (primary N) is 1. The molecule has 1 heterocycles. The predicted octanol–water partition coefficient (Wildman–Crippen LogP) is 4.34. The summed E-state index contributed by atoms with van der Waals surface area (Å²) in [4.78, 5) is 2.15. The third kappa shape index (κ3) is 2.34. The van der Waals surface area contributed by atoms with Gasteiger partial charge in [-0.1, -0.05) is 6.07 Å². The Balaban J connectivity index is 2.39. The van der Waals surface area contributed by atoms with Crippen LogP contribution in [0.4, 0.5) is 4.39 Å². The minimum absolute atomic E-state index is 0.0269. The first-order valence-corrected chi connectivity index (χ1v) is 6.49. The van der Waals surface area contributed by atoms with Crippen molar-refractivity contribution in [1.82, 2.24) is 0 Å². The van der Waals surface area contributed by atoms with Gasteiger partial charge in [-0.15, -0.1) is 11.3 Å². The van der Waals surface area contributed by atoms with E-state index < -0.39 is 0 Å². The van der Waals surface area contributed by atoms with Crippen LogP contribution in [-0.2, 0) is 0 Å². The van der Waals surface area contributed by atoms with Gasteiger partial charge in [-0.2, -0.15) is 0 Å². The molecule has 0 fully saturated rings. The van der Waals surface area contributed by atoms with E-state index in [0.717, 1.165) is 15.3 Å². The van der Waals surface area contributed by atoms with Crippen molar-refractivity contribution in [3.63, 3.8) is 0 Å². The van der Waals surface area contributed by atoms with Crippen molar-refractivity contribution in [2.24, 2.45) is 5.73 Å². The molecule has 0 bridgehead atoms. The summed E-state index contributed by atoms with van der Waals surface area (Å²) in [5, 5.41) is 0. The van der Waals surface area contributed by atoms with Gasteiger partial charge in [0.25, 0.3) is 0 Å². The minimum Gasteiger partial charge on any atom is -0.324 e. The van der Waals surface area contributed by atoms with Crippen molar-refractivity contribution in [3.8, 4) is 10.4 Å². The lowest BCUT2D eigenvalue weighted by Gasteiger charge is -2.01. The van der Waals surface area contributed by atoms with Crippen molar-refractivity contribution in [1.29, 1.82) is 0 Å². The summed E-state index contributed by atoms with van der Waals surface area (Å²) in [6.07, 6.45) is 0. The van der Waals surface area contributed by atoms with E-state index in [-0.39, 0.29) is 11.9 Å². The molecule has 0 aliphatic heterocycles. The van der Waals surface area contributed by atoms with E-state index in [1.165, 1.54) is 6.07 Å². The summed E-state index contributed by atoms with van der Waals surface area (Å²) in [6.45, 7) is 1.94. The highest BCUT2D eigenvalue weighted by atomic mass is 79.9. The molecular weight excluding hydrogens is 289 g/mol. The Hall–Kier alpha value is -0.710. The fourth-order valence-electron chi connectivity index (χ4n) is 1.40. The first-order valence-electron chi connectivity index (χ1n) is 4.88. The van der Waals surface area contributed by atoms with Crippen molar-refractivity contribution in [3.05, 3.63) is 45.5 Å². The SMILES string of the molecule is CC(N)c1ccc(-c2ccc(Br)c(F)c2)s1. The van der Waals surface area contributed by atoms with Crippen molar-refractivity contribution in [2.75, 3.05) is 0 Å². The average molecular weight is 300 g/mol. The molecule has 0 amide bonds. The maximum Gasteiger partial charge on any atom is 0.138 e. The largest absolute Gasteiger partial charge is 0.324 e. The van der Waals surface area contributed by atoms with Gasteiger partial charge in [0, 0.05) is 15.8 Å². The number of rotatable bonds is 2. The van der Waals surface area contributed by atoms with Crippen LogP contribution in [0.1, 0.15) is 17.8 Å². The number of thiophene rings is 1. The maximum absolute atomic E-state index is 13.4. The first kappa shape index (κ1) is 11.8. The molecule has 1 aromatic carbocycles. The molecule has 0 saturated carbocycles. The van der Waals surface area contributed by atoms with Crippen LogP contribution in [0.3, 0.4) is 0 Å². The minimum atomic E-state index is -0.242. The molecule has 2 aromatic rings. The monoisotopic (exact) mass is 299 g/mol. The van der Waals surface area contributed by atoms with Gasteiger partial charge < -0.3 is 5.73 Å². The van der Waals surface area contributed by atoms with Gasteiger partial charge in [-0.25, -0.2) is 4.39 Å². The quantitative estimate of drug-likeness (QED) is 0.877. The molecule has 0 aliphatic carbocycles. The fourth-order valence-corrected chi connectivity index (χ4v) is 2.61. The standard InChI is InChI=1S/C12H11BrFNS/c1-7(15)11-4-5-12(16-11)8-2-3-9(13)10(14)6-8/h2-7H,15H2,1H3. The normalized spacial score (nSPS) is 12.8. The maximum atomic E-state index is 13.4. The lowest BCUT2D eigenvalue weighted by atomic mass is 10.2. The molecule has 0 radical (unpaired) electrons. The molecule has 2 rings (SSSR count).